The summed E-state index contributed by atoms with van der Waals surface area (Å²) >= 11 is 0. The Bertz CT molecular complexity index is 371. The van der Waals surface area contributed by atoms with Crippen LogP contribution in [-0.2, 0) is 14.6 Å². The number of ether oxygens (including phenoxy) is 1. The molecular formula is C11H22N2O3S. The molecule has 6 heteroatoms. The summed E-state index contributed by atoms with van der Waals surface area (Å²) in [6, 6.07) is 0. The molecule has 0 amide bonds. The Morgan fingerprint density at radius 1 is 1.53 bits per heavy atom. The molecule has 2 fully saturated rings. The minimum absolute atomic E-state index is 0.215. The number of nitrogens with zero attached hydrogens (tertiary/aromatic N) is 1. The molecule has 2 saturated heterocycles. The molecule has 0 aromatic heterocycles. The number of methoxy groups -OCH3 is 1. The average Bonchev–Trinajstić information content (AvgIpc) is 2.76. The molecule has 0 radical (unpaired) electrons. The van der Waals surface area contributed by atoms with E-state index in [1.165, 1.54) is 0 Å². The Labute approximate surface area is 103 Å². The van der Waals surface area contributed by atoms with Gasteiger partial charge in [0.2, 0.25) is 0 Å². The number of hydrogen-bond donors (Lipinski definition) is 1. The summed E-state index contributed by atoms with van der Waals surface area (Å²) < 4.78 is 29.0. The zero-order valence-electron chi connectivity index (χ0n) is 10.4. The molecule has 2 rings (SSSR count). The van der Waals surface area contributed by atoms with Crippen molar-refractivity contribution >= 4 is 9.84 Å². The molecule has 2 aliphatic rings. The van der Waals surface area contributed by atoms with Crippen LogP contribution in [0.3, 0.4) is 0 Å². The van der Waals surface area contributed by atoms with Crippen molar-refractivity contribution in [1.82, 2.24) is 4.90 Å². The zero-order chi connectivity index (χ0) is 12.5. The van der Waals surface area contributed by atoms with Crippen LogP contribution in [0.15, 0.2) is 0 Å². The molecule has 2 atom stereocenters. The lowest BCUT2D eigenvalue weighted by Crippen LogP contribution is -2.59. The number of hydrogen-bond acceptors (Lipinski definition) is 5. The Morgan fingerprint density at radius 2 is 2.29 bits per heavy atom. The Balaban J connectivity index is 2.14. The molecule has 2 aliphatic heterocycles. The van der Waals surface area contributed by atoms with Gasteiger partial charge in [0.15, 0.2) is 9.84 Å². The van der Waals surface area contributed by atoms with Gasteiger partial charge in [-0.25, -0.2) is 8.42 Å². The summed E-state index contributed by atoms with van der Waals surface area (Å²) in [5, 5.41) is 0. The Hall–Kier alpha value is -0.170. The van der Waals surface area contributed by atoms with Crippen molar-refractivity contribution in [2.24, 2.45) is 5.73 Å². The molecule has 0 aromatic carbocycles. The van der Waals surface area contributed by atoms with Crippen molar-refractivity contribution < 1.29 is 13.2 Å². The highest BCUT2D eigenvalue weighted by Crippen LogP contribution is 2.31. The van der Waals surface area contributed by atoms with E-state index < -0.39 is 9.84 Å². The summed E-state index contributed by atoms with van der Waals surface area (Å²) in [6.45, 7) is 2.12. The smallest absolute Gasteiger partial charge is 0.152 e. The van der Waals surface area contributed by atoms with Gasteiger partial charge in [-0.2, -0.15) is 0 Å². The fraction of sp³-hybridized carbons (Fsp3) is 1.00. The first-order valence-electron chi connectivity index (χ1n) is 6.20. The van der Waals surface area contributed by atoms with Crippen molar-refractivity contribution in [2.75, 3.05) is 38.2 Å². The van der Waals surface area contributed by atoms with Crippen molar-refractivity contribution in [1.29, 1.82) is 0 Å². The number of sulfone groups is 1. The molecule has 0 aromatic rings. The van der Waals surface area contributed by atoms with E-state index in [4.69, 9.17) is 10.5 Å². The number of rotatable bonds is 3. The van der Waals surface area contributed by atoms with Crippen molar-refractivity contribution in [3.8, 4) is 0 Å². The van der Waals surface area contributed by atoms with Crippen LogP contribution in [0, 0.1) is 0 Å². The van der Waals surface area contributed by atoms with E-state index in [9.17, 15) is 8.42 Å². The van der Waals surface area contributed by atoms with Crippen LogP contribution in [0.1, 0.15) is 19.3 Å². The van der Waals surface area contributed by atoms with E-state index in [1.54, 1.807) is 7.11 Å². The summed E-state index contributed by atoms with van der Waals surface area (Å²) in [4.78, 5) is 2.23. The standard InChI is InChI=1S/C11H22N2O3S/c1-16-10-3-5-13(7-10)11(8-12)4-2-6-17(14,15)9-11/h10H,2-9,12H2,1H3. The molecule has 2 unspecified atom stereocenters. The minimum Gasteiger partial charge on any atom is -0.380 e. The van der Waals surface area contributed by atoms with E-state index in [1.807, 2.05) is 0 Å². The van der Waals surface area contributed by atoms with Gasteiger partial charge in [0, 0.05) is 32.3 Å². The predicted molar refractivity (Wildman–Crippen MR) is 66.7 cm³/mol. The lowest BCUT2D eigenvalue weighted by Gasteiger charge is -2.43. The minimum atomic E-state index is -2.93. The Morgan fingerprint density at radius 3 is 2.82 bits per heavy atom. The van der Waals surface area contributed by atoms with E-state index >= 15 is 0 Å². The van der Waals surface area contributed by atoms with Crippen LogP contribution in [0.5, 0.6) is 0 Å². The first-order chi connectivity index (χ1) is 8.01. The van der Waals surface area contributed by atoms with Gasteiger partial charge in [-0.3, -0.25) is 4.90 Å². The number of likely N-dealkylation sites (tertiary alicyclic amines) is 1. The van der Waals surface area contributed by atoms with E-state index in [0.717, 1.165) is 32.4 Å². The summed E-state index contributed by atoms with van der Waals surface area (Å²) in [5.41, 5.74) is 5.54. The number of nitrogens with two attached hydrogens (primary N) is 1. The summed E-state index contributed by atoms with van der Waals surface area (Å²) in [7, 11) is -1.22. The molecule has 0 spiro atoms. The lowest BCUT2D eigenvalue weighted by atomic mass is 9.93. The highest BCUT2D eigenvalue weighted by Gasteiger charge is 2.44. The maximum atomic E-state index is 11.8. The molecule has 2 heterocycles. The first kappa shape index (κ1) is 13.3. The maximum absolute atomic E-state index is 11.8. The monoisotopic (exact) mass is 262 g/mol. The predicted octanol–water partition coefficient (Wildman–Crippen LogP) is -0.387. The van der Waals surface area contributed by atoms with Crippen LogP contribution in [0.2, 0.25) is 0 Å². The lowest BCUT2D eigenvalue weighted by molar-refractivity contribution is 0.0761. The molecule has 0 saturated carbocycles. The average molecular weight is 262 g/mol. The third-order valence-electron chi connectivity index (χ3n) is 4.12. The van der Waals surface area contributed by atoms with Crippen molar-refractivity contribution in [3.63, 3.8) is 0 Å². The maximum Gasteiger partial charge on any atom is 0.152 e. The van der Waals surface area contributed by atoms with Gasteiger partial charge in [0.1, 0.15) is 0 Å². The molecule has 0 bridgehead atoms. The van der Waals surface area contributed by atoms with E-state index in [0.29, 0.717) is 12.3 Å². The highest BCUT2D eigenvalue weighted by atomic mass is 32.2. The van der Waals surface area contributed by atoms with Crippen LogP contribution in [0.4, 0.5) is 0 Å². The first-order valence-corrected chi connectivity index (χ1v) is 8.02. The van der Waals surface area contributed by atoms with Gasteiger partial charge in [0.25, 0.3) is 0 Å². The topological polar surface area (TPSA) is 72.6 Å². The third-order valence-corrected chi connectivity index (χ3v) is 6.00. The second kappa shape index (κ2) is 4.84. The molecule has 0 aliphatic carbocycles. The van der Waals surface area contributed by atoms with E-state index in [2.05, 4.69) is 4.90 Å². The molecular weight excluding hydrogens is 240 g/mol. The van der Waals surface area contributed by atoms with Gasteiger partial charge >= 0.3 is 0 Å². The quantitative estimate of drug-likeness (QED) is 0.750. The van der Waals surface area contributed by atoms with Crippen molar-refractivity contribution in [3.05, 3.63) is 0 Å². The van der Waals surface area contributed by atoms with Gasteiger partial charge in [-0.05, 0) is 19.3 Å². The Kier molecular flexibility index (Phi) is 3.77. The normalized spacial score (nSPS) is 38.4. The summed E-state index contributed by atoms with van der Waals surface area (Å²) in [5.74, 6) is 0.531. The second-order valence-electron chi connectivity index (χ2n) is 5.22. The molecule has 5 nitrogen and oxygen atoms in total. The molecule has 17 heavy (non-hydrogen) atoms. The fourth-order valence-electron chi connectivity index (χ4n) is 3.07. The molecule has 100 valence electrons. The second-order valence-corrected chi connectivity index (χ2v) is 7.40. The zero-order valence-corrected chi connectivity index (χ0v) is 11.2. The third kappa shape index (κ3) is 2.65. The summed E-state index contributed by atoms with van der Waals surface area (Å²) in [6.07, 6.45) is 2.81. The van der Waals surface area contributed by atoms with E-state index in [-0.39, 0.29) is 17.4 Å². The largest absolute Gasteiger partial charge is 0.380 e. The van der Waals surface area contributed by atoms with Gasteiger partial charge in [-0.15, -0.1) is 0 Å². The highest BCUT2D eigenvalue weighted by molar-refractivity contribution is 7.91. The SMILES string of the molecule is COC1CCN(C2(CN)CCCS(=O)(=O)C2)C1. The van der Waals surface area contributed by atoms with Crippen LogP contribution in [-0.4, -0.2) is 63.2 Å². The van der Waals surface area contributed by atoms with Gasteiger partial charge < -0.3 is 10.5 Å². The molecule has 2 N–H and O–H groups in total. The van der Waals surface area contributed by atoms with Crippen LogP contribution >= 0.6 is 0 Å². The van der Waals surface area contributed by atoms with Crippen molar-refractivity contribution in [2.45, 2.75) is 30.9 Å². The fourth-order valence-corrected chi connectivity index (χ4v) is 5.06. The van der Waals surface area contributed by atoms with Gasteiger partial charge in [0.05, 0.1) is 17.6 Å². The van der Waals surface area contributed by atoms with Crippen LogP contribution in [0.25, 0.3) is 0 Å². The van der Waals surface area contributed by atoms with Crippen LogP contribution < -0.4 is 5.73 Å². The van der Waals surface area contributed by atoms with Gasteiger partial charge in [-0.1, -0.05) is 0 Å².